The van der Waals surface area contributed by atoms with Gasteiger partial charge < -0.3 is 5.32 Å². The first kappa shape index (κ1) is 14.2. The van der Waals surface area contributed by atoms with Crippen LogP contribution in [0, 0.1) is 0 Å². The van der Waals surface area contributed by atoms with Gasteiger partial charge in [-0.05, 0) is 6.16 Å². The second kappa shape index (κ2) is 6.22. The van der Waals surface area contributed by atoms with Gasteiger partial charge in [-0.1, -0.05) is 23.1 Å². The van der Waals surface area contributed by atoms with Gasteiger partial charge in [-0.2, -0.15) is 0 Å². The molecule has 0 aromatic carbocycles. The molecule has 1 saturated heterocycles. The van der Waals surface area contributed by atoms with E-state index in [1.165, 1.54) is 12.4 Å². The predicted octanol–water partition coefficient (Wildman–Crippen LogP) is 2.50. The van der Waals surface area contributed by atoms with Crippen molar-refractivity contribution in [2.45, 2.75) is 19.9 Å². The van der Waals surface area contributed by atoms with Crippen LogP contribution in [0.2, 0.25) is 0 Å². The minimum Gasteiger partial charge on any atom is -0.300 e. The van der Waals surface area contributed by atoms with Crippen molar-refractivity contribution in [1.82, 2.24) is 5.32 Å². The van der Waals surface area contributed by atoms with Gasteiger partial charge in [-0.3, -0.25) is 0 Å². The number of rotatable bonds is 1. The molecule has 64 valence electrons. The van der Waals surface area contributed by atoms with Crippen LogP contribution in [-0.4, -0.2) is 17.5 Å². The minimum absolute atomic E-state index is 0. The molecule has 4 unspecified atom stereocenters. The van der Waals surface area contributed by atoms with E-state index in [0.29, 0.717) is 5.02 Å². The summed E-state index contributed by atoms with van der Waals surface area (Å²) < 4.78 is 0. The lowest BCUT2D eigenvalue weighted by atomic mass is 10.7. The van der Waals surface area contributed by atoms with Crippen LogP contribution in [-0.2, 0) is 0 Å². The number of hydrogen-bond donors (Lipinski definition) is 1. The van der Waals surface area contributed by atoms with Crippen molar-refractivity contribution in [3.63, 3.8) is 0 Å². The van der Waals surface area contributed by atoms with Crippen LogP contribution in [0.1, 0.15) is 14.9 Å². The molecule has 1 aliphatic rings. The summed E-state index contributed by atoms with van der Waals surface area (Å²) in [4.78, 5) is 0. The summed E-state index contributed by atoms with van der Waals surface area (Å²) in [5.74, 6) is 0. The van der Waals surface area contributed by atoms with Gasteiger partial charge >= 0.3 is 0 Å². The van der Waals surface area contributed by atoms with Crippen molar-refractivity contribution in [3.05, 3.63) is 0 Å². The molecule has 1 aliphatic heterocycles. The zero-order valence-electron chi connectivity index (χ0n) is 4.57. The molecule has 0 aromatic rings. The Balaban J connectivity index is 0. The Morgan fingerprint density at radius 2 is 2.10 bits per heavy atom. The van der Waals surface area contributed by atoms with E-state index in [1.54, 1.807) is 0 Å². The lowest BCUT2D eigenvalue weighted by Gasteiger charge is -2.20. The third kappa shape index (κ3) is 3.90. The number of nitrogens with one attached hydrogen (secondary N) is 1. The van der Waals surface area contributed by atoms with E-state index in [9.17, 15) is 0 Å². The maximum absolute atomic E-state index is 3.45. The van der Waals surface area contributed by atoms with Gasteiger partial charge in [0.2, 0.25) is 0 Å². The van der Waals surface area contributed by atoms with E-state index in [1.807, 2.05) is 0 Å². The fourth-order valence-electron chi connectivity index (χ4n) is 0.644. The van der Waals surface area contributed by atoms with Crippen LogP contribution in [0.15, 0.2) is 0 Å². The SMILES string of the molecule is C.C.PP[C@]1(P)CPCN1. The topological polar surface area (TPSA) is 12.0 Å². The van der Waals surface area contributed by atoms with Crippen molar-refractivity contribution < 1.29 is 0 Å². The lowest BCUT2D eigenvalue weighted by molar-refractivity contribution is 0.776. The van der Waals surface area contributed by atoms with Gasteiger partial charge in [0.25, 0.3) is 0 Å². The maximum atomic E-state index is 3.45. The largest absolute Gasteiger partial charge is 0.300 e. The molecule has 5 atom stereocenters. The van der Waals surface area contributed by atoms with Gasteiger partial charge in [-0.25, -0.2) is 0 Å². The molecule has 1 heterocycles. The Morgan fingerprint density at radius 3 is 2.30 bits per heavy atom. The molecule has 0 spiro atoms. The number of hydrogen-bond acceptors (Lipinski definition) is 1. The first-order valence-electron chi connectivity index (χ1n) is 2.49. The Bertz CT molecular complexity index is 81.7. The smallest absolute Gasteiger partial charge is 0.0566 e. The maximum Gasteiger partial charge on any atom is 0.0566 e. The summed E-state index contributed by atoms with van der Waals surface area (Å²) in [6.45, 7) is 0. The monoisotopic (exact) mass is 217 g/mol. The molecule has 1 N–H and O–H groups in total. The van der Waals surface area contributed by atoms with Gasteiger partial charge in [0.15, 0.2) is 0 Å². The Hall–Kier alpha value is 1.68. The molecular weight excluding hydrogens is 198 g/mol. The Morgan fingerprint density at radius 1 is 1.50 bits per heavy atom. The molecule has 10 heavy (non-hydrogen) atoms. The van der Waals surface area contributed by atoms with Crippen molar-refractivity contribution in [2.24, 2.45) is 0 Å². The van der Waals surface area contributed by atoms with Gasteiger partial charge in [0.05, 0.1) is 5.02 Å². The molecule has 1 fully saturated rings. The first-order valence-corrected chi connectivity index (χ1v) is 7.29. The first-order chi connectivity index (χ1) is 3.77. The minimum atomic E-state index is 0. The highest BCUT2D eigenvalue weighted by atomic mass is 32.0. The lowest BCUT2D eigenvalue weighted by Crippen LogP contribution is -2.28. The zero-order chi connectivity index (χ0) is 6.04. The molecule has 0 amide bonds. The highest BCUT2D eigenvalue weighted by Gasteiger charge is 2.25. The molecule has 0 aliphatic carbocycles. The van der Waals surface area contributed by atoms with E-state index in [2.05, 4.69) is 23.5 Å². The van der Waals surface area contributed by atoms with Crippen LogP contribution in [0.3, 0.4) is 0 Å². The fourth-order valence-corrected chi connectivity index (χ4v) is 4.84. The van der Waals surface area contributed by atoms with Crippen molar-refractivity contribution in [2.75, 3.05) is 12.4 Å². The predicted molar refractivity (Wildman–Crippen MR) is 65.1 cm³/mol. The normalized spacial score (nSPS) is 34.2. The van der Waals surface area contributed by atoms with Crippen LogP contribution in [0.4, 0.5) is 0 Å². The van der Waals surface area contributed by atoms with E-state index in [-0.39, 0.29) is 14.9 Å². The third-order valence-electron chi connectivity index (χ3n) is 1.19. The second-order valence-electron chi connectivity index (χ2n) is 1.90. The highest BCUT2D eigenvalue weighted by Crippen LogP contribution is 2.48. The van der Waals surface area contributed by atoms with Crippen LogP contribution in [0.25, 0.3) is 0 Å². The molecule has 0 saturated carbocycles. The summed E-state index contributed by atoms with van der Waals surface area (Å²) in [5.41, 5.74) is 0. The summed E-state index contributed by atoms with van der Waals surface area (Å²) in [5, 5.41) is 3.86. The van der Waals surface area contributed by atoms with Crippen molar-refractivity contribution in [3.8, 4) is 0 Å². The van der Waals surface area contributed by atoms with E-state index in [4.69, 9.17) is 0 Å². The molecule has 1 rings (SSSR count). The van der Waals surface area contributed by atoms with Gasteiger partial charge in [0.1, 0.15) is 0 Å². The van der Waals surface area contributed by atoms with E-state index in [0.717, 1.165) is 16.9 Å². The molecule has 1 nitrogen and oxygen atoms in total. The quantitative estimate of drug-likeness (QED) is 0.665. The molecular formula is C5H19NP4. The second-order valence-corrected chi connectivity index (χ2v) is 6.71. The molecule has 0 aromatic heterocycles. The summed E-state index contributed by atoms with van der Waals surface area (Å²) >= 11 is 0. The van der Waals surface area contributed by atoms with Crippen molar-refractivity contribution in [1.29, 1.82) is 0 Å². The van der Waals surface area contributed by atoms with Crippen LogP contribution >= 0.6 is 35.0 Å². The van der Waals surface area contributed by atoms with Crippen molar-refractivity contribution >= 4 is 35.0 Å². The van der Waals surface area contributed by atoms with Crippen LogP contribution < -0.4 is 5.32 Å². The summed E-state index contributed by atoms with van der Waals surface area (Å²) in [7, 11) is 7.77. The van der Waals surface area contributed by atoms with Gasteiger partial charge in [0, 0.05) is 6.29 Å². The molecule has 0 radical (unpaired) electrons. The van der Waals surface area contributed by atoms with Gasteiger partial charge in [-0.15, -0.1) is 26.7 Å². The van der Waals surface area contributed by atoms with Crippen LogP contribution in [0.5, 0.6) is 0 Å². The third-order valence-corrected chi connectivity index (χ3v) is 7.51. The summed E-state index contributed by atoms with van der Waals surface area (Å²) in [6.07, 6.45) is 2.57. The zero-order valence-corrected chi connectivity index (χ0v) is 8.88. The standard InChI is InChI=1S/C3H11NP4.2CH4/c5-3(8-6)1-7-2-4-3;;/h4,7-8H,1-2,5-6H2;2*1H4/t3-;;/m1../s1. The average molecular weight is 217 g/mol. The van der Waals surface area contributed by atoms with E-state index < -0.39 is 0 Å². The molecule has 5 heteroatoms. The van der Waals surface area contributed by atoms with E-state index >= 15 is 0 Å². The summed E-state index contributed by atoms with van der Waals surface area (Å²) in [6, 6.07) is 0. The molecule has 0 bridgehead atoms. The Kier molecular flexibility index (Phi) is 8.85. The highest BCUT2D eigenvalue weighted by molar-refractivity contribution is 8.05. The fraction of sp³-hybridized carbons (Fsp3) is 1.00. The average Bonchev–Trinajstić information content (AvgIpc) is 2.17. The Labute approximate surface area is 73.1 Å².